The van der Waals surface area contributed by atoms with Crippen LogP contribution in [0.2, 0.25) is 0 Å². The second-order valence-electron chi connectivity index (χ2n) is 9.47. The number of piperidine rings is 1. The molecule has 1 aliphatic heterocycles. The van der Waals surface area contributed by atoms with Gasteiger partial charge in [0.25, 0.3) is 0 Å². The molecule has 1 aromatic heterocycles. The Morgan fingerprint density at radius 1 is 1.16 bits per heavy atom. The van der Waals surface area contributed by atoms with E-state index < -0.39 is 11.6 Å². The van der Waals surface area contributed by atoms with E-state index >= 15 is 0 Å². The number of phenols is 1. The molecule has 168 valence electrons. The second-order valence-corrected chi connectivity index (χ2v) is 9.47. The summed E-state index contributed by atoms with van der Waals surface area (Å²) in [5, 5.41) is 21.2. The van der Waals surface area contributed by atoms with Crippen LogP contribution in [-0.2, 0) is 0 Å². The fourth-order valence-electron chi connectivity index (χ4n) is 4.60. The molecule has 4 rings (SSSR count). The van der Waals surface area contributed by atoms with Crippen molar-refractivity contribution in [3.05, 3.63) is 48.0 Å². The van der Waals surface area contributed by atoms with Gasteiger partial charge in [0.2, 0.25) is 0 Å². The van der Waals surface area contributed by atoms with Gasteiger partial charge in [-0.2, -0.15) is 0 Å². The number of fused-ring (bicyclic) bond motifs is 1. The lowest BCUT2D eigenvalue weighted by Crippen LogP contribution is -2.57. The van der Waals surface area contributed by atoms with Crippen molar-refractivity contribution in [3.8, 4) is 17.1 Å². The van der Waals surface area contributed by atoms with Crippen molar-refractivity contribution in [3.63, 3.8) is 0 Å². The molecule has 3 aromatic rings. The normalized spacial score (nSPS) is 16.9. The Bertz CT molecular complexity index is 1160. The Kier molecular flexibility index (Phi) is 5.67. The molecular weight excluding hydrogens is 404 g/mol. The number of anilines is 1. The number of carboxylic acid groups (broad SMARTS) is 1. The third-order valence-corrected chi connectivity index (χ3v) is 5.97. The molecule has 7 heteroatoms. The van der Waals surface area contributed by atoms with Crippen LogP contribution in [0.1, 0.15) is 39.2 Å². The molecule has 1 fully saturated rings. The number of carbonyl (C=O) groups is 1. The topological polar surface area (TPSA) is 89.8 Å². The highest BCUT2D eigenvalue weighted by atomic mass is 16.4. The predicted octanol–water partition coefficient (Wildman–Crippen LogP) is 5.06. The van der Waals surface area contributed by atoms with Crippen molar-refractivity contribution < 1.29 is 15.0 Å². The van der Waals surface area contributed by atoms with Crippen LogP contribution in [0.3, 0.4) is 0 Å². The fraction of sp³-hybridized carbons (Fsp3) is 0.400. The molecule has 0 aliphatic carbocycles. The van der Waals surface area contributed by atoms with Gasteiger partial charge in [-0.05, 0) is 70.4 Å². The molecule has 1 atom stereocenters. The van der Waals surface area contributed by atoms with Crippen molar-refractivity contribution in [1.82, 2.24) is 14.9 Å². The number of aryl methyl sites for hydroxylation is 1. The Hall–Kier alpha value is -3.35. The minimum absolute atomic E-state index is 0.131. The van der Waals surface area contributed by atoms with E-state index in [1.807, 2.05) is 52.0 Å². The molecule has 32 heavy (non-hydrogen) atoms. The Morgan fingerprint density at radius 3 is 2.59 bits per heavy atom. The smallest absolute Gasteiger partial charge is 0.408 e. The van der Waals surface area contributed by atoms with E-state index in [0.717, 1.165) is 41.7 Å². The monoisotopic (exact) mass is 434 g/mol. The van der Waals surface area contributed by atoms with Crippen LogP contribution in [0.4, 0.5) is 10.6 Å². The predicted molar refractivity (Wildman–Crippen MR) is 126 cm³/mol. The van der Waals surface area contributed by atoms with Crippen molar-refractivity contribution in [2.24, 2.45) is 0 Å². The Balaban J connectivity index is 1.81. The minimum Gasteiger partial charge on any atom is -0.507 e. The number of hydrogen-bond donors (Lipinski definition) is 2. The number of benzene rings is 2. The zero-order chi connectivity index (χ0) is 23.0. The molecule has 0 radical (unpaired) electrons. The summed E-state index contributed by atoms with van der Waals surface area (Å²) in [6.07, 6.45) is 0.782. The first-order valence-electron chi connectivity index (χ1n) is 11.0. The van der Waals surface area contributed by atoms with Gasteiger partial charge in [-0.25, -0.2) is 14.8 Å². The highest BCUT2D eigenvalue weighted by Crippen LogP contribution is 2.34. The van der Waals surface area contributed by atoms with Crippen molar-refractivity contribution in [1.29, 1.82) is 0 Å². The first-order chi connectivity index (χ1) is 15.1. The van der Waals surface area contributed by atoms with Crippen LogP contribution in [0.25, 0.3) is 22.3 Å². The Labute approximate surface area is 188 Å². The molecule has 0 spiro atoms. The molecule has 1 amide bonds. The van der Waals surface area contributed by atoms with E-state index in [4.69, 9.17) is 9.97 Å². The number of amides is 1. The van der Waals surface area contributed by atoms with Crippen molar-refractivity contribution >= 4 is 22.8 Å². The lowest BCUT2D eigenvalue weighted by atomic mass is 9.97. The number of nitrogens with zero attached hydrogens (tertiary/aromatic N) is 4. The maximum absolute atomic E-state index is 12.1. The lowest BCUT2D eigenvalue weighted by Gasteiger charge is -2.44. The zero-order valence-electron chi connectivity index (χ0n) is 19.0. The first-order valence-corrected chi connectivity index (χ1v) is 11.0. The van der Waals surface area contributed by atoms with Crippen LogP contribution in [0, 0.1) is 6.92 Å². The van der Waals surface area contributed by atoms with E-state index in [0.29, 0.717) is 17.9 Å². The molecule has 1 saturated heterocycles. The largest absolute Gasteiger partial charge is 0.507 e. The van der Waals surface area contributed by atoms with Gasteiger partial charge in [-0.3, -0.25) is 4.90 Å². The fourth-order valence-corrected chi connectivity index (χ4v) is 4.60. The molecular formula is C25H30N4O3. The highest BCUT2D eigenvalue weighted by Gasteiger charge is 2.36. The molecule has 7 nitrogen and oxygen atoms in total. The molecule has 1 aliphatic rings. The zero-order valence-corrected chi connectivity index (χ0v) is 19.0. The molecule has 2 aromatic carbocycles. The summed E-state index contributed by atoms with van der Waals surface area (Å²) >= 11 is 0. The SMILES string of the molecule is Cc1ccc2c(N3CCCC(N(C(=O)O)C(C)(C)C)C3)nc(-c3ccccc3O)nc2c1. The second kappa shape index (κ2) is 8.30. The molecule has 2 heterocycles. The number of aromatic nitrogens is 2. The average Bonchev–Trinajstić information content (AvgIpc) is 2.72. The van der Waals surface area contributed by atoms with Crippen LogP contribution in [-0.4, -0.2) is 55.8 Å². The van der Waals surface area contributed by atoms with Crippen LogP contribution in [0.5, 0.6) is 5.75 Å². The van der Waals surface area contributed by atoms with E-state index in [9.17, 15) is 15.0 Å². The first kappa shape index (κ1) is 21.9. The van der Waals surface area contributed by atoms with E-state index in [1.165, 1.54) is 0 Å². The summed E-state index contributed by atoms with van der Waals surface area (Å²) in [7, 11) is 0. The molecule has 0 saturated carbocycles. The van der Waals surface area contributed by atoms with Gasteiger partial charge in [0.05, 0.1) is 17.1 Å². The minimum atomic E-state index is -0.901. The van der Waals surface area contributed by atoms with Crippen LogP contribution >= 0.6 is 0 Å². The summed E-state index contributed by atoms with van der Waals surface area (Å²) in [6.45, 7) is 9.15. The average molecular weight is 435 g/mol. The number of aromatic hydroxyl groups is 1. The summed E-state index contributed by atoms with van der Waals surface area (Å²) in [5.74, 6) is 1.37. The maximum atomic E-state index is 12.1. The summed E-state index contributed by atoms with van der Waals surface area (Å²) in [5.41, 5.74) is 1.98. The van der Waals surface area contributed by atoms with Crippen LogP contribution in [0.15, 0.2) is 42.5 Å². The van der Waals surface area contributed by atoms with Gasteiger partial charge in [-0.1, -0.05) is 18.2 Å². The van der Waals surface area contributed by atoms with Gasteiger partial charge in [0, 0.05) is 24.0 Å². The highest BCUT2D eigenvalue weighted by molar-refractivity contribution is 5.92. The number of rotatable bonds is 3. The van der Waals surface area contributed by atoms with Gasteiger partial charge >= 0.3 is 6.09 Å². The Morgan fingerprint density at radius 2 is 1.91 bits per heavy atom. The van der Waals surface area contributed by atoms with Crippen molar-refractivity contribution in [2.75, 3.05) is 18.0 Å². The summed E-state index contributed by atoms with van der Waals surface area (Å²) in [6, 6.07) is 13.0. The third kappa shape index (κ3) is 4.20. The quantitative estimate of drug-likeness (QED) is 0.599. The lowest BCUT2D eigenvalue weighted by molar-refractivity contribution is 0.0648. The summed E-state index contributed by atoms with van der Waals surface area (Å²) < 4.78 is 0. The standard InChI is InChI=1S/C25H30N4O3/c1-16-11-12-18-20(14-16)26-22(19-9-5-6-10-21(19)30)27-23(18)28-13-7-8-17(15-28)29(24(31)32)25(2,3)4/h5-6,9-12,14,17,30H,7-8,13,15H2,1-4H3,(H,31,32). The number of para-hydroxylation sites is 1. The van der Waals surface area contributed by atoms with Crippen molar-refractivity contribution in [2.45, 2.75) is 52.1 Å². The van der Waals surface area contributed by atoms with Crippen LogP contribution < -0.4 is 4.90 Å². The van der Waals surface area contributed by atoms with Gasteiger partial charge < -0.3 is 15.1 Å². The third-order valence-electron chi connectivity index (χ3n) is 5.97. The van der Waals surface area contributed by atoms with Gasteiger partial charge in [0.1, 0.15) is 11.6 Å². The maximum Gasteiger partial charge on any atom is 0.408 e. The van der Waals surface area contributed by atoms with E-state index in [2.05, 4.69) is 4.90 Å². The van der Waals surface area contributed by atoms with Gasteiger partial charge in [0.15, 0.2) is 5.82 Å². The van der Waals surface area contributed by atoms with E-state index in [-0.39, 0.29) is 11.8 Å². The van der Waals surface area contributed by atoms with E-state index in [1.54, 1.807) is 23.1 Å². The molecule has 2 N–H and O–H groups in total. The number of hydrogen-bond acceptors (Lipinski definition) is 5. The van der Waals surface area contributed by atoms with Gasteiger partial charge in [-0.15, -0.1) is 0 Å². The molecule has 0 bridgehead atoms. The summed E-state index contributed by atoms with van der Waals surface area (Å²) in [4.78, 5) is 25.4. The number of phenolic OH excluding ortho intramolecular Hbond substituents is 1. The molecule has 1 unspecified atom stereocenters.